The molecule has 1 saturated carbocycles. The van der Waals surface area contributed by atoms with E-state index in [4.69, 9.17) is 9.47 Å². The van der Waals surface area contributed by atoms with E-state index in [0.717, 1.165) is 23.1 Å². The summed E-state index contributed by atoms with van der Waals surface area (Å²) in [6.07, 6.45) is 3.80. The van der Waals surface area contributed by atoms with Gasteiger partial charge in [-0.2, -0.15) is 0 Å². The van der Waals surface area contributed by atoms with E-state index in [2.05, 4.69) is 38.2 Å². The highest BCUT2D eigenvalue weighted by Gasteiger charge is 2.32. The van der Waals surface area contributed by atoms with E-state index in [1.54, 1.807) is 0 Å². The maximum atomic E-state index is 5.65. The second-order valence-corrected chi connectivity index (χ2v) is 7.11. The van der Waals surface area contributed by atoms with Crippen LogP contribution in [-0.4, -0.2) is 19.3 Å². The van der Waals surface area contributed by atoms with Gasteiger partial charge in [-0.15, -0.1) is 0 Å². The zero-order valence-corrected chi connectivity index (χ0v) is 12.7. The Hall–Kier alpha value is -1.38. The van der Waals surface area contributed by atoms with Crippen molar-refractivity contribution >= 4 is 5.69 Å². The van der Waals surface area contributed by atoms with Gasteiger partial charge in [0.15, 0.2) is 11.5 Å². The molecule has 20 heavy (non-hydrogen) atoms. The van der Waals surface area contributed by atoms with Crippen LogP contribution in [0.25, 0.3) is 0 Å². The van der Waals surface area contributed by atoms with E-state index in [1.165, 1.54) is 19.3 Å². The fraction of sp³-hybridized carbons (Fsp3) is 0.647. The third kappa shape index (κ3) is 3.02. The van der Waals surface area contributed by atoms with Crippen LogP contribution in [0.1, 0.15) is 40.0 Å². The Bertz CT molecular complexity index is 484. The third-order valence-electron chi connectivity index (χ3n) is 4.30. The molecule has 0 saturated heterocycles. The number of fused-ring (bicyclic) bond motifs is 1. The highest BCUT2D eigenvalue weighted by Crippen LogP contribution is 2.40. The van der Waals surface area contributed by atoms with Gasteiger partial charge in [-0.1, -0.05) is 20.8 Å². The van der Waals surface area contributed by atoms with Crippen molar-refractivity contribution in [2.75, 3.05) is 18.5 Å². The summed E-state index contributed by atoms with van der Waals surface area (Å²) in [7, 11) is 0. The second-order valence-electron chi connectivity index (χ2n) is 7.11. The quantitative estimate of drug-likeness (QED) is 0.882. The maximum absolute atomic E-state index is 5.65. The standard InChI is InChI=1S/C17H25NO2/c1-12-8-14(11-17(2,3)10-12)18-13-4-5-15-16(9-13)20-7-6-19-15/h4-5,9,12,14,18H,6-8,10-11H2,1-3H3. The molecular weight excluding hydrogens is 250 g/mol. The zero-order valence-electron chi connectivity index (χ0n) is 12.7. The van der Waals surface area contributed by atoms with Gasteiger partial charge in [0.1, 0.15) is 13.2 Å². The monoisotopic (exact) mass is 275 g/mol. The summed E-state index contributed by atoms with van der Waals surface area (Å²) in [4.78, 5) is 0. The molecule has 1 aliphatic heterocycles. The van der Waals surface area contributed by atoms with E-state index >= 15 is 0 Å². The third-order valence-corrected chi connectivity index (χ3v) is 4.30. The van der Waals surface area contributed by atoms with Gasteiger partial charge < -0.3 is 14.8 Å². The molecule has 1 fully saturated rings. The second kappa shape index (κ2) is 5.19. The predicted molar refractivity (Wildman–Crippen MR) is 81.6 cm³/mol. The fourth-order valence-corrected chi connectivity index (χ4v) is 3.82. The van der Waals surface area contributed by atoms with E-state index in [9.17, 15) is 0 Å². The first-order chi connectivity index (χ1) is 9.52. The fourth-order valence-electron chi connectivity index (χ4n) is 3.82. The van der Waals surface area contributed by atoms with Gasteiger partial charge in [-0.3, -0.25) is 0 Å². The molecule has 0 bridgehead atoms. The summed E-state index contributed by atoms with van der Waals surface area (Å²) in [6, 6.07) is 6.73. The molecule has 3 rings (SSSR count). The lowest BCUT2D eigenvalue weighted by atomic mass is 9.70. The molecule has 2 atom stereocenters. The molecule has 1 aromatic rings. The van der Waals surface area contributed by atoms with E-state index < -0.39 is 0 Å². The number of anilines is 1. The minimum atomic E-state index is 0.434. The van der Waals surface area contributed by atoms with Crippen LogP contribution in [0, 0.1) is 11.3 Å². The van der Waals surface area contributed by atoms with Crippen LogP contribution in [0.2, 0.25) is 0 Å². The number of hydrogen-bond donors (Lipinski definition) is 1. The molecule has 1 N–H and O–H groups in total. The summed E-state index contributed by atoms with van der Waals surface area (Å²) < 4.78 is 11.2. The number of ether oxygens (including phenoxy) is 2. The first-order valence-electron chi connectivity index (χ1n) is 7.68. The molecule has 1 aromatic carbocycles. The molecule has 3 heteroatoms. The summed E-state index contributed by atoms with van der Waals surface area (Å²) in [6.45, 7) is 8.40. The highest BCUT2D eigenvalue weighted by atomic mass is 16.6. The summed E-state index contributed by atoms with van der Waals surface area (Å²) in [5, 5.41) is 3.68. The maximum Gasteiger partial charge on any atom is 0.163 e. The average Bonchev–Trinajstić information content (AvgIpc) is 2.36. The SMILES string of the molecule is CC1CC(Nc2ccc3c(c2)OCCO3)CC(C)(C)C1. The Balaban J connectivity index is 1.71. The van der Waals surface area contributed by atoms with Crippen molar-refractivity contribution in [3.63, 3.8) is 0 Å². The Morgan fingerprint density at radius 2 is 1.85 bits per heavy atom. The normalized spacial score (nSPS) is 27.9. The van der Waals surface area contributed by atoms with Crippen molar-refractivity contribution in [3.8, 4) is 11.5 Å². The lowest BCUT2D eigenvalue weighted by Gasteiger charge is -2.39. The molecule has 1 heterocycles. The Labute approximate surface area is 121 Å². The lowest BCUT2D eigenvalue weighted by Crippen LogP contribution is -2.35. The van der Waals surface area contributed by atoms with E-state index in [1.807, 2.05) is 6.07 Å². The van der Waals surface area contributed by atoms with Crippen molar-refractivity contribution in [2.45, 2.75) is 46.1 Å². The average molecular weight is 275 g/mol. The molecule has 3 nitrogen and oxygen atoms in total. The first-order valence-corrected chi connectivity index (χ1v) is 7.68. The highest BCUT2D eigenvalue weighted by molar-refractivity contribution is 5.55. The summed E-state index contributed by atoms with van der Waals surface area (Å²) in [5.74, 6) is 2.51. The van der Waals surface area contributed by atoms with Gasteiger partial charge >= 0.3 is 0 Å². The van der Waals surface area contributed by atoms with Gasteiger partial charge in [0, 0.05) is 17.8 Å². The van der Waals surface area contributed by atoms with Crippen LogP contribution in [-0.2, 0) is 0 Å². The predicted octanol–water partition coefficient (Wildman–Crippen LogP) is 4.08. The molecule has 0 spiro atoms. The van der Waals surface area contributed by atoms with Gasteiger partial charge in [0.05, 0.1) is 0 Å². The topological polar surface area (TPSA) is 30.5 Å². The molecular formula is C17H25NO2. The van der Waals surface area contributed by atoms with E-state index in [-0.39, 0.29) is 0 Å². The zero-order chi connectivity index (χ0) is 14.2. The van der Waals surface area contributed by atoms with Gasteiger partial charge in [0.2, 0.25) is 0 Å². The van der Waals surface area contributed by atoms with E-state index in [0.29, 0.717) is 24.7 Å². The smallest absolute Gasteiger partial charge is 0.163 e. The number of rotatable bonds is 2. The first kappa shape index (κ1) is 13.6. The minimum absolute atomic E-state index is 0.434. The molecule has 0 radical (unpaired) electrons. The van der Waals surface area contributed by atoms with Crippen molar-refractivity contribution < 1.29 is 9.47 Å². The Kier molecular flexibility index (Phi) is 3.53. The van der Waals surface area contributed by atoms with Gasteiger partial charge in [-0.25, -0.2) is 0 Å². The molecule has 110 valence electrons. The van der Waals surface area contributed by atoms with Crippen molar-refractivity contribution in [1.82, 2.24) is 0 Å². The van der Waals surface area contributed by atoms with Crippen LogP contribution < -0.4 is 14.8 Å². The van der Waals surface area contributed by atoms with Crippen LogP contribution in [0.5, 0.6) is 11.5 Å². The molecule has 0 aromatic heterocycles. The molecule has 0 amide bonds. The minimum Gasteiger partial charge on any atom is -0.486 e. The van der Waals surface area contributed by atoms with Gasteiger partial charge in [0.25, 0.3) is 0 Å². The lowest BCUT2D eigenvalue weighted by molar-refractivity contribution is 0.171. The summed E-state index contributed by atoms with van der Waals surface area (Å²) in [5.41, 5.74) is 1.58. The molecule has 1 aliphatic carbocycles. The van der Waals surface area contributed by atoms with Crippen LogP contribution in [0.4, 0.5) is 5.69 Å². The number of nitrogens with one attached hydrogen (secondary N) is 1. The van der Waals surface area contributed by atoms with Crippen LogP contribution in [0.15, 0.2) is 18.2 Å². The van der Waals surface area contributed by atoms with Crippen molar-refractivity contribution in [2.24, 2.45) is 11.3 Å². The number of hydrogen-bond acceptors (Lipinski definition) is 3. The molecule has 2 aliphatic rings. The number of benzene rings is 1. The van der Waals surface area contributed by atoms with Crippen LogP contribution in [0.3, 0.4) is 0 Å². The largest absolute Gasteiger partial charge is 0.486 e. The van der Waals surface area contributed by atoms with Crippen LogP contribution >= 0.6 is 0 Å². The summed E-state index contributed by atoms with van der Waals surface area (Å²) >= 11 is 0. The van der Waals surface area contributed by atoms with Crippen molar-refractivity contribution in [1.29, 1.82) is 0 Å². The Morgan fingerprint density at radius 1 is 1.10 bits per heavy atom. The molecule has 2 unspecified atom stereocenters. The van der Waals surface area contributed by atoms with Crippen molar-refractivity contribution in [3.05, 3.63) is 18.2 Å². The Morgan fingerprint density at radius 3 is 2.60 bits per heavy atom. The van der Waals surface area contributed by atoms with Gasteiger partial charge in [-0.05, 0) is 42.7 Å².